The fraction of sp³-hybridized carbons (Fsp3) is 1.00. The normalized spacial score (nSPS) is 13.5. The van der Waals surface area contributed by atoms with Crippen LogP contribution in [-0.2, 0) is 0 Å². The summed E-state index contributed by atoms with van der Waals surface area (Å²) in [5.41, 5.74) is 0. The van der Waals surface area contributed by atoms with E-state index in [2.05, 4.69) is 37.9 Å². The molecule has 0 nitrogen and oxygen atoms in total. The quantitative estimate of drug-likeness (QED) is 0.422. The largest absolute Gasteiger partial charge is 0.179 e. The van der Waals surface area contributed by atoms with Gasteiger partial charge in [0.25, 0.3) is 0 Å². The molecule has 62 valence electrons. The van der Waals surface area contributed by atoms with E-state index >= 15 is 0 Å². The minimum Gasteiger partial charge on any atom is -0.179 e. The molecule has 0 heterocycles. The van der Waals surface area contributed by atoms with Crippen LogP contribution in [0.1, 0.15) is 25.7 Å². The van der Waals surface area contributed by atoms with Gasteiger partial charge in [0.2, 0.25) is 0 Å². The monoisotopic (exact) mass is 196 g/mol. The summed E-state index contributed by atoms with van der Waals surface area (Å²) < 4.78 is 0. The molecule has 10 heavy (non-hydrogen) atoms. The third-order valence-corrected chi connectivity index (χ3v) is 2.50. The lowest BCUT2D eigenvalue weighted by Gasteiger charge is -2.06. The van der Waals surface area contributed by atoms with E-state index in [1.165, 1.54) is 19.3 Å². The average Bonchev–Trinajstić information content (AvgIpc) is 1.89. The molecular formula is C7H16S3. The van der Waals surface area contributed by atoms with Gasteiger partial charge in [-0.25, -0.2) is 0 Å². The summed E-state index contributed by atoms with van der Waals surface area (Å²) in [6.45, 7) is 0. The third-order valence-electron chi connectivity index (χ3n) is 1.41. The Morgan fingerprint density at radius 1 is 0.900 bits per heavy atom. The van der Waals surface area contributed by atoms with Crippen molar-refractivity contribution in [3.05, 3.63) is 0 Å². The summed E-state index contributed by atoms with van der Waals surface area (Å²) in [5.74, 6) is 1.95. The van der Waals surface area contributed by atoms with Crippen LogP contribution < -0.4 is 0 Å². The first-order valence-electron chi connectivity index (χ1n) is 3.71. The maximum Gasteiger partial charge on any atom is 0.00245 e. The van der Waals surface area contributed by atoms with Crippen LogP contribution in [0.4, 0.5) is 0 Å². The van der Waals surface area contributed by atoms with Crippen molar-refractivity contribution >= 4 is 37.9 Å². The molecule has 0 N–H and O–H groups in total. The molecule has 1 atom stereocenters. The predicted octanol–water partition coefficient (Wildman–Crippen LogP) is 2.70. The van der Waals surface area contributed by atoms with Crippen molar-refractivity contribution in [3.8, 4) is 0 Å². The maximum absolute atomic E-state index is 4.41. The van der Waals surface area contributed by atoms with Crippen LogP contribution in [0.2, 0.25) is 0 Å². The molecule has 0 radical (unpaired) electrons. The van der Waals surface area contributed by atoms with Gasteiger partial charge >= 0.3 is 0 Å². The van der Waals surface area contributed by atoms with Gasteiger partial charge in [-0.2, -0.15) is 37.9 Å². The van der Waals surface area contributed by atoms with Crippen molar-refractivity contribution in [2.75, 3.05) is 11.5 Å². The second-order valence-electron chi connectivity index (χ2n) is 2.39. The van der Waals surface area contributed by atoms with Crippen LogP contribution in [0.25, 0.3) is 0 Å². The smallest absolute Gasteiger partial charge is 0.00245 e. The number of unbranched alkanes of at least 4 members (excludes halogenated alkanes) is 1. The van der Waals surface area contributed by atoms with Crippen LogP contribution in [0, 0.1) is 0 Å². The van der Waals surface area contributed by atoms with E-state index in [0.717, 1.165) is 17.9 Å². The van der Waals surface area contributed by atoms with Crippen LogP contribution in [-0.4, -0.2) is 16.8 Å². The van der Waals surface area contributed by atoms with Gasteiger partial charge in [-0.1, -0.05) is 6.42 Å². The Kier molecular flexibility index (Phi) is 9.01. The molecule has 3 heteroatoms. The van der Waals surface area contributed by atoms with Gasteiger partial charge in [0.1, 0.15) is 0 Å². The highest BCUT2D eigenvalue weighted by atomic mass is 32.1. The van der Waals surface area contributed by atoms with Crippen molar-refractivity contribution in [1.82, 2.24) is 0 Å². The van der Waals surface area contributed by atoms with E-state index < -0.39 is 0 Å². The zero-order valence-electron chi connectivity index (χ0n) is 6.16. The van der Waals surface area contributed by atoms with Gasteiger partial charge in [0, 0.05) is 5.25 Å². The lowest BCUT2D eigenvalue weighted by molar-refractivity contribution is 0.681. The van der Waals surface area contributed by atoms with Crippen LogP contribution in [0.15, 0.2) is 0 Å². The van der Waals surface area contributed by atoms with Crippen LogP contribution in [0.5, 0.6) is 0 Å². The van der Waals surface area contributed by atoms with Crippen LogP contribution >= 0.6 is 37.9 Å². The van der Waals surface area contributed by atoms with E-state index in [-0.39, 0.29) is 0 Å². The first kappa shape index (κ1) is 11.1. The highest BCUT2D eigenvalue weighted by Gasteiger charge is 1.99. The second-order valence-corrected chi connectivity index (χ2v) is 4.01. The van der Waals surface area contributed by atoms with Gasteiger partial charge in [-0.15, -0.1) is 0 Å². The molecule has 0 saturated heterocycles. The lowest BCUT2D eigenvalue weighted by atomic mass is 10.2. The van der Waals surface area contributed by atoms with Gasteiger partial charge in [-0.05, 0) is 30.8 Å². The standard InChI is InChI=1S/C7H16S3/c8-5-2-1-3-7(10)4-6-9/h7-10H,1-6H2. The first-order valence-corrected chi connectivity index (χ1v) is 5.49. The average molecular weight is 196 g/mol. The second kappa shape index (κ2) is 8.15. The highest BCUT2D eigenvalue weighted by molar-refractivity contribution is 7.81. The van der Waals surface area contributed by atoms with Gasteiger partial charge in [0.05, 0.1) is 0 Å². The Bertz CT molecular complexity index is 65.9. The summed E-state index contributed by atoms with van der Waals surface area (Å²) >= 11 is 12.7. The topological polar surface area (TPSA) is 0 Å². The van der Waals surface area contributed by atoms with E-state index in [9.17, 15) is 0 Å². The molecule has 0 saturated carbocycles. The molecule has 0 spiro atoms. The van der Waals surface area contributed by atoms with E-state index in [4.69, 9.17) is 0 Å². The molecule has 0 aliphatic heterocycles. The Labute approximate surface area is 80.4 Å². The van der Waals surface area contributed by atoms with Crippen molar-refractivity contribution in [3.63, 3.8) is 0 Å². The molecule has 0 rings (SSSR count). The predicted molar refractivity (Wildman–Crippen MR) is 58.9 cm³/mol. The molecule has 0 aromatic carbocycles. The summed E-state index contributed by atoms with van der Waals surface area (Å²) in [6, 6.07) is 0. The minimum atomic E-state index is 0.553. The Morgan fingerprint density at radius 3 is 2.10 bits per heavy atom. The van der Waals surface area contributed by atoms with E-state index in [0.29, 0.717) is 5.25 Å². The van der Waals surface area contributed by atoms with Crippen molar-refractivity contribution < 1.29 is 0 Å². The van der Waals surface area contributed by atoms with E-state index in [1.807, 2.05) is 0 Å². The number of rotatable bonds is 6. The number of hydrogen-bond donors (Lipinski definition) is 3. The molecule has 0 aromatic heterocycles. The molecule has 0 fully saturated rings. The Morgan fingerprint density at radius 2 is 1.60 bits per heavy atom. The molecule has 0 amide bonds. The molecule has 0 bridgehead atoms. The zero-order chi connectivity index (χ0) is 7.82. The molecule has 0 aliphatic carbocycles. The summed E-state index contributed by atoms with van der Waals surface area (Å²) in [4.78, 5) is 0. The van der Waals surface area contributed by atoms with Gasteiger partial charge in [0.15, 0.2) is 0 Å². The summed E-state index contributed by atoms with van der Waals surface area (Å²) in [6.07, 6.45) is 4.81. The first-order chi connectivity index (χ1) is 4.81. The van der Waals surface area contributed by atoms with Crippen LogP contribution in [0.3, 0.4) is 0 Å². The molecular weight excluding hydrogens is 180 g/mol. The fourth-order valence-corrected chi connectivity index (χ4v) is 1.84. The lowest BCUT2D eigenvalue weighted by Crippen LogP contribution is -1.99. The zero-order valence-corrected chi connectivity index (χ0v) is 8.84. The highest BCUT2D eigenvalue weighted by Crippen LogP contribution is 2.11. The third kappa shape index (κ3) is 7.16. The van der Waals surface area contributed by atoms with Gasteiger partial charge < -0.3 is 0 Å². The Hall–Kier alpha value is 1.05. The summed E-state index contributed by atoms with van der Waals surface area (Å²) in [7, 11) is 0. The molecule has 0 aliphatic rings. The van der Waals surface area contributed by atoms with Crippen molar-refractivity contribution in [2.24, 2.45) is 0 Å². The minimum absolute atomic E-state index is 0.553. The summed E-state index contributed by atoms with van der Waals surface area (Å²) in [5, 5.41) is 0.553. The van der Waals surface area contributed by atoms with E-state index in [1.54, 1.807) is 0 Å². The number of thiol groups is 3. The van der Waals surface area contributed by atoms with Crippen molar-refractivity contribution in [1.29, 1.82) is 0 Å². The fourth-order valence-electron chi connectivity index (χ4n) is 0.785. The Balaban J connectivity index is 2.97. The maximum atomic E-state index is 4.41. The van der Waals surface area contributed by atoms with Crippen molar-refractivity contribution in [2.45, 2.75) is 30.9 Å². The molecule has 1 unspecified atom stereocenters. The van der Waals surface area contributed by atoms with Gasteiger partial charge in [-0.3, -0.25) is 0 Å². The molecule has 0 aromatic rings. The SMILES string of the molecule is SCCCCC(S)CCS. The number of hydrogen-bond acceptors (Lipinski definition) is 3.